The quantitative estimate of drug-likeness (QED) is 0.211. The average Bonchev–Trinajstić information content (AvgIpc) is 3.65. The molecule has 7 atom stereocenters. The smallest absolute Gasteiger partial charge is 0.174 e. The fraction of sp³-hybridized carbons (Fsp3) is 0.667. The molecule has 1 aromatic heterocycles. The number of aromatic nitrogens is 4. The van der Waals surface area contributed by atoms with Crippen LogP contribution in [0.1, 0.15) is 82.0 Å². The minimum atomic E-state index is -0.428. The molecule has 0 bridgehead atoms. The topological polar surface area (TPSA) is 112 Å². The van der Waals surface area contributed by atoms with Crippen LogP contribution in [-0.4, -0.2) is 69.8 Å². The van der Waals surface area contributed by atoms with Crippen molar-refractivity contribution in [2.75, 3.05) is 13.2 Å². The fourth-order valence-corrected chi connectivity index (χ4v) is 6.31. The summed E-state index contributed by atoms with van der Waals surface area (Å²) in [5, 5.41) is 25.4. The minimum absolute atomic E-state index is 0.0704. The van der Waals surface area contributed by atoms with Crippen molar-refractivity contribution < 1.29 is 24.1 Å². The second-order valence-corrected chi connectivity index (χ2v) is 11.8. The van der Waals surface area contributed by atoms with Gasteiger partial charge in [-0.1, -0.05) is 59.8 Å². The van der Waals surface area contributed by atoms with Gasteiger partial charge in [0, 0.05) is 32.0 Å². The van der Waals surface area contributed by atoms with Gasteiger partial charge in [0.1, 0.15) is 0 Å². The molecule has 1 aromatic carbocycles. The van der Waals surface area contributed by atoms with Crippen LogP contribution in [0.4, 0.5) is 0 Å². The summed E-state index contributed by atoms with van der Waals surface area (Å²) in [6.07, 6.45) is 20.1. The zero-order valence-corrected chi connectivity index (χ0v) is 24.8. The van der Waals surface area contributed by atoms with Crippen LogP contribution in [0.25, 0.3) is 0 Å². The van der Waals surface area contributed by atoms with E-state index in [0.717, 1.165) is 96.1 Å². The maximum Gasteiger partial charge on any atom is 0.174 e. The molecule has 5 rings (SSSR count). The van der Waals surface area contributed by atoms with E-state index in [1.54, 1.807) is 0 Å². The number of aliphatic hydroxyl groups is 1. The van der Waals surface area contributed by atoms with Gasteiger partial charge in [-0.05, 0) is 82.1 Å². The van der Waals surface area contributed by atoms with Crippen molar-refractivity contribution in [2.45, 2.75) is 114 Å². The Kier molecular flexibility index (Phi) is 12.6. The molecule has 2 aliphatic heterocycles. The van der Waals surface area contributed by atoms with Gasteiger partial charge in [-0.25, -0.2) is 0 Å². The zero-order chi connectivity index (χ0) is 28.8. The van der Waals surface area contributed by atoms with Crippen LogP contribution in [0.2, 0.25) is 0 Å². The van der Waals surface area contributed by atoms with E-state index in [1.165, 1.54) is 5.56 Å². The summed E-state index contributed by atoms with van der Waals surface area (Å²) in [4.78, 5) is 0. The standard InChI is InChI=1S/C33H48N4O5/c38-29-24-30(42-33-17-9-11-23-40-33)28(27(29)14-6-1-2-7-15-31-34-36-37-35-31)21-20-26(41-32-16-8-10-22-39-32)19-18-25-12-4-3-5-13-25/h1,3-6,12-13,20-21,26-30,32-33,38H,2,7-11,14-19,22-24H2,(H,34,35,36,37). The van der Waals surface area contributed by atoms with Crippen molar-refractivity contribution in [3.63, 3.8) is 0 Å². The van der Waals surface area contributed by atoms with Crippen LogP contribution in [0.15, 0.2) is 54.6 Å². The number of aryl methyl sites for hydroxylation is 2. The summed E-state index contributed by atoms with van der Waals surface area (Å²) in [6.45, 7) is 1.50. The molecule has 0 radical (unpaired) electrons. The number of aromatic amines is 1. The van der Waals surface area contributed by atoms with Crippen molar-refractivity contribution in [3.05, 3.63) is 66.0 Å². The third kappa shape index (κ3) is 9.81. The monoisotopic (exact) mass is 580 g/mol. The Morgan fingerprint density at radius 3 is 2.55 bits per heavy atom. The van der Waals surface area contributed by atoms with E-state index >= 15 is 0 Å². The Morgan fingerprint density at radius 2 is 1.81 bits per heavy atom. The molecule has 1 saturated carbocycles. The van der Waals surface area contributed by atoms with E-state index < -0.39 is 6.10 Å². The highest BCUT2D eigenvalue weighted by molar-refractivity contribution is 5.15. The largest absolute Gasteiger partial charge is 0.393 e. The van der Waals surface area contributed by atoms with Crippen molar-refractivity contribution in [1.29, 1.82) is 0 Å². The predicted molar refractivity (Wildman–Crippen MR) is 159 cm³/mol. The molecule has 9 nitrogen and oxygen atoms in total. The number of aliphatic hydroxyl groups excluding tert-OH is 1. The first-order chi connectivity index (χ1) is 20.7. The number of H-pyrrole nitrogens is 1. The van der Waals surface area contributed by atoms with Gasteiger partial charge in [0.25, 0.3) is 0 Å². The molecule has 7 unspecified atom stereocenters. The summed E-state index contributed by atoms with van der Waals surface area (Å²) in [7, 11) is 0. The first-order valence-electron chi connectivity index (χ1n) is 16.1. The lowest BCUT2D eigenvalue weighted by Gasteiger charge is -2.30. The Balaban J connectivity index is 1.24. The summed E-state index contributed by atoms with van der Waals surface area (Å²) in [6, 6.07) is 10.6. The first kappa shape index (κ1) is 31.0. The molecular formula is C33H48N4O5. The zero-order valence-electron chi connectivity index (χ0n) is 24.8. The lowest BCUT2D eigenvalue weighted by Crippen LogP contribution is -2.31. The Labute approximate surface area is 250 Å². The van der Waals surface area contributed by atoms with Gasteiger partial charge in [-0.2, -0.15) is 5.21 Å². The number of rotatable bonds is 15. The number of benzene rings is 1. The molecule has 42 heavy (non-hydrogen) atoms. The number of allylic oxidation sites excluding steroid dienone is 2. The number of nitrogens with one attached hydrogen (secondary N) is 1. The Bertz CT molecular complexity index is 1050. The van der Waals surface area contributed by atoms with Crippen LogP contribution in [0.3, 0.4) is 0 Å². The molecule has 3 heterocycles. The molecule has 9 heteroatoms. The molecule has 3 fully saturated rings. The van der Waals surface area contributed by atoms with E-state index in [2.05, 4.69) is 75.3 Å². The normalized spacial score (nSPS) is 29.5. The number of hydrogen-bond acceptors (Lipinski definition) is 8. The van der Waals surface area contributed by atoms with E-state index in [9.17, 15) is 5.11 Å². The van der Waals surface area contributed by atoms with Gasteiger partial charge in [0.15, 0.2) is 18.4 Å². The van der Waals surface area contributed by atoms with Gasteiger partial charge >= 0.3 is 0 Å². The number of ether oxygens (including phenoxy) is 4. The molecule has 230 valence electrons. The molecule has 1 aliphatic carbocycles. The summed E-state index contributed by atoms with van der Waals surface area (Å²) in [5.41, 5.74) is 1.30. The van der Waals surface area contributed by atoms with E-state index in [1.807, 2.05) is 0 Å². The maximum absolute atomic E-state index is 11.2. The lowest BCUT2D eigenvalue weighted by molar-refractivity contribution is -0.193. The van der Waals surface area contributed by atoms with Crippen molar-refractivity contribution in [3.8, 4) is 0 Å². The minimum Gasteiger partial charge on any atom is -0.393 e. The molecule has 3 aliphatic rings. The van der Waals surface area contributed by atoms with Crippen molar-refractivity contribution in [2.24, 2.45) is 11.8 Å². The maximum atomic E-state index is 11.2. The second kappa shape index (κ2) is 17.0. The first-order valence-corrected chi connectivity index (χ1v) is 16.1. The number of hydrogen-bond donors (Lipinski definition) is 2. The molecule has 0 amide bonds. The van der Waals surface area contributed by atoms with Gasteiger partial charge in [0.05, 0.1) is 18.3 Å². The van der Waals surface area contributed by atoms with Crippen LogP contribution < -0.4 is 0 Å². The molecule has 2 N–H and O–H groups in total. The van der Waals surface area contributed by atoms with Crippen LogP contribution in [-0.2, 0) is 31.8 Å². The number of nitrogens with zero attached hydrogens (tertiary/aromatic N) is 3. The van der Waals surface area contributed by atoms with Gasteiger partial charge in [-0.15, -0.1) is 10.2 Å². The Hall–Kier alpha value is -2.43. The third-order valence-electron chi connectivity index (χ3n) is 8.66. The van der Waals surface area contributed by atoms with Crippen LogP contribution >= 0.6 is 0 Å². The van der Waals surface area contributed by atoms with E-state index in [0.29, 0.717) is 6.42 Å². The predicted octanol–water partition coefficient (Wildman–Crippen LogP) is 5.48. The second-order valence-electron chi connectivity index (χ2n) is 11.8. The number of tetrazole rings is 1. The van der Waals surface area contributed by atoms with Crippen molar-refractivity contribution >= 4 is 0 Å². The van der Waals surface area contributed by atoms with Crippen molar-refractivity contribution in [1.82, 2.24) is 20.6 Å². The third-order valence-corrected chi connectivity index (χ3v) is 8.66. The van der Waals surface area contributed by atoms with Crippen LogP contribution in [0, 0.1) is 11.8 Å². The fourth-order valence-electron chi connectivity index (χ4n) is 6.31. The Morgan fingerprint density at radius 1 is 1.00 bits per heavy atom. The van der Waals surface area contributed by atoms with Gasteiger partial charge < -0.3 is 24.1 Å². The molecule has 0 spiro atoms. The van der Waals surface area contributed by atoms with Gasteiger partial charge in [0.2, 0.25) is 0 Å². The molecule has 2 saturated heterocycles. The van der Waals surface area contributed by atoms with Crippen LogP contribution in [0.5, 0.6) is 0 Å². The van der Waals surface area contributed by atoms with Gasteiger partial charge in [-0.3, -0.25) is 0 Å². The van der Waals surface area contributed by atoms with E-state index in [-0.39, 0.29) is 36.6 Å². The highest BCUT2D eigenvalue weighted by Crippen LogP contribution is 2.39. The summed E-state index contributed by atoms with van der Waals surface area (Å²) < 4.78 is 24.9. The highest BCUT2D eigenvalue weighted by Gasteiger charge is 2.42. The summed E-state index contributed by atoms with van der Waals surface area (Å²) >= 11 is 0. The lowest BCUT2D eigenvalue weighted by atomic mass is 9.89. The number of unbranched alkanes of at least 4 members (excludes halogenated alkanes) is 1. The summed E-state index contributed by atoms with van der Waals surface area (Å²) in [5.74, 6) is 0.890. The average molecular weight is 581 g/mol. The van der Waals surface area contributed by atoms with E-state index in [4.69, 9.17) is 18.9 Å². The SMILES string of the molecule is OC1CC(OC2CCCCO2)C(C=CC(CCc2ccccc2)OC2CCCCO2)C1CC=CCCCc1nn[nH]n1. The molecular weight excluding hydrogens is 532 g/mol. The molecule has 2 aromatic rings. The highest BCUT2D eigenvalue weighted by atomic mass is 16.7.